The van der Waals surface area contributed by atoms with E-state index in [1.165, 1.54) is 12.1 Å². The van der Waals surface area contributed by atoms with E-state index in [1.807, 2.05) is 32.9 Å². The molecule has 5 rings (SSSR count). The molecule has 1 atom stereocenters. The fourth-order valence-corrected chi connectivity index (χ4v) is 4.93. The van der Waals surface area contributed by atoms with Crippen molar-refractivity contribution in [2.45, 2.75) is 38.8 Å². The van der Waals surface area contributed by atoms with Gasteiger partial charge in [0.15, 0.2) is 11.6 Å². The summed E-state index contributed by atoms with van der Waals surface area (Å²) in [6.07, 6.45) is 1.68. The van der Waals surface area contributed by atoms with E-state index in [0.29, 0.717) is 11.1 Å². The van der Waals surface area contributed by atoms with Crippen molar-refractivity contribution in [3.8, 4) is 16.9 Å². The van der Waals surface area contributed by atoms with Crippen molar-refractivity contribution in [3.63, 3.8) is 0 Å². The molecule has 2 nitrogen and oxygen atoms in total. The number of benzene rings is 3. The number of hydrogen-bond donors (Lipinski definition) is 1. The molecular weight excluding hydrogens is 418 g/mol. The number of ether oxygens (including phenoxy) is 1. The fraction of sp³-hybridized carbons (Fsp3) is 0.231. The van der Waals surface area contributed by atoms with E-state index in [4.69, 9.17) is 4.74 Å². The van der Waals surface area contributed by atoms with Crippen LogP contribution in [0.4, 0.5) is 23.2 Å². The van der Waals surface area contributed by atoms with Crippen molar-refractivity contribution in [2.24, 2.45) is 0 Å². The minimum atomic E-state index is -0.738. The topological polar surface area (TPSA) is 21.3 Å². The van der Waals surface area contributed by atoms with Crippen molar-refractivity contribution in [1.82, 2.24) is 0 Å². The highest BCUT2D eigenvalue weighted by Gasteiger charge is 2.38. The first-order valence-electron chi connectivity index (χ1n) is 10.4. The van der Waals surface area contributed by atoms with Gasteiger partial charge in [-0.05, 0) is 67.0 Å². The van der Waals surface area contributed by atoms with Crippen LogP contribution in [-0.4, -0.2) is 5.54 Å². The lowest BCUT2D eigenvalue weighted by Crippen LogP contribution is -2.40. The van der Waals surface area contributed by atoms with E-state index in [9.17, 15) is 17.6 Å². The van der Waals surface area contributed by atoms with E-state index < -0.39 is 28.8 Å². The van der Waals surface area contributed by atoms with Gasteiger partial charge >= 0.3 is 0 Å². The van der Waals surface area contributed by atoms with E-state index in [-0.39, 0.29) is 23.8 Å². The SMILES string of the molecule is CC1C(=Cc2cc(F)ccc2F)C(C)(C)Nc2ccc3c(c21)COc1c(F)cc(F)cc1-3. The molecule has 0 saturated heterocycles. The molecule has 0 spiro atoms. The van der Waals surface area contributed by atoms with Gasteiger partial charge in [0.05, 0.1) is 5.54 Å². The van der Waals surface area contributed by atoms with Gasteiger partial charge in [0, 0.05) is 34.4 Å². The second-order valence-electron chi connectivity index (χ2n) is 8.84. The van der Waals surface area contributed by atoms with Crippen LogP contribution in [0.3, 0.4) is 0 Å². The lowest BCUT2D eigenvalue weighted by atomic mass is 9.73. The average molecular weight is 439 g/mol. The molecule has 0 fully saturated rings. The highest BCUT2D eigenvalue weighted by Crippen LogP contribution is 2.50. The predicted octanol–water partition coefficient (Wildman–Crippen LogP) is 7.19. The summed E-state index contributed by atoms with van der Waals surface area (Å²) < 4.78 is 62.1. The van der Waals surface area contributed by atoms with Gasteiger partial charge < -0.3 is 10.1 Å². The zero-order chi connectivity index (χ0) is 22.8. The second-order valence-corrected chi connectivity index (χ2v) is 8.84. The van der Waals surface area contributed by atoms with Gasteiger partial charge in [0.1, 0.15) is 24.1 Å². The summed E-state index contributed by atoms with van der Waals surface area (Å²) in [5, 5.41) is 3.48. The maximum Gasteiger partial charge on any atom is 0.168 e. The largest absolute Gasteiger partial charge is 0.485 e. The van der Waals surface area contributed by atoms with Crippen LogP contribution >= 0.6 is 0 Å². The number of rotatable bonds is 1. The van der Waals surface area contributed by atoms with Gasteiger partial charge in [-0.1, -0.05) is 13.0 Å². The highest BCUT2D eigenvalue weighted by molar-refractivity contribution is 5.82. The molecule has 6 heteroatoms. The number of nitrogens with one attached hydrogen (secondary N) is 1. The van der Waals surface area contributed by atoms with Crippen LogP contribution in [0.15, 0.2) is 48.0 Å². The molecule has 2 aliphatic heterocycles. The number of hydrogen-bond acceptors (Lipinski definition) is 2. The molecule has 0 saturated carbocycles. The minimum absolute atomic E-state index is 0.0354. The molecule has 2 heterocycles. The maximum absolute atomic E-state index is 14.4. The van der Waals surface area contributed by atoms with Crippen LogP contribution in [0.5, 0.6) is 5.75 Å². The molecular formula is C26H21F4NO. The Morgan fingerprint density at radius 1 is 0.938 bits per heavy atom. The normalized spacial score (nSPS) is 19.5. The third-order valence-corrected chi connectivity index (χ3v) is 6.35. The van der Waals surface area contributed by atoms with Crippen molar-refractivity contribution in [3.05, 3.63) is 88.0 Å². The van der Waals surface area contributed by atoms with E-state index in [2.05, 4.69) is 5.32 Å². The Morgan fingerprint density at radius 3 is 2.50 bits per heavy atom. The number of fused-ring (bicyclic) bond motifs is 5. The Kier molecular flexibility index (Phi) is 4.59. The van der Waals surface area contributed by atoms with Gasteiger partial charge in [-0.25, -0.2) is 17.6 Å². The van der Waals surface area contributed by atoms with Crippen LogP contribution in [0.2, 0.25) is 0 Å². The molecule has 0 bridgehead atoms. The fourth-order valence-electron chi connectivity index (χ4n) is 4.93. The van der Waals surface area contributed by atoms with Crippen LogP contribution in [0.1, 0.15) is 43.4 Å². The lowest BCUT2D eigenvalue weighted by Gasteiger charge is -2.42. The lowest BCUT2D eigenvalue weighted by molar-refractivity contribution is 0.284. The first kappa shape index (κ1) is 20.6. The van der Waals surface area contributed by atoms with Crippen LogP contribution in [0, 0.1) is 23.3 Å². The number of anilines is 1. The molecule has 0 radical (unpaired) electrons. The molecule has 0 aliphatic carbocycles. The van der Waals surface area contributed by atoms with Gasteiger partial charge in [-0.3, -0.25) is 0 Å². The predicted molar refractivity (Wildman–Crippen MR) is 117 cm³/mol. The standard InChI is InChI=1S/C26H21F4NO/c1-13-20(9-14-8-15(27)4-6-21(14)29)26(2,3)31-23-7-5-17-18-10-16(28)11-22(30)25(18)32-12-19(17)24(13)23/h4-11,13,31H,12H2,1-3H3. The zero-order valence-electron chi connectivity index (χ0n) is 17.8. The number of halogens is 4. The summed E-state index contributed by atoms with van der Waals surface area (Å²) >= 11 is 0. The molecule has 2 aliphatic rings. The van der Waals surface area contributed by atoms with Crippen molar-refractivity contribution in [1.29, 1.82) is 0 Å². The Balaban J connectivity index is 1.70. The molecule has 0 amide bonds. The van der Waals surface area contributed by atoms with E-state index in [0.717, 1.165) is 40.6 Å². The monoisotopic (exact) mass is 439 g/mol. The van der Waals surface area contributed by atoms with Crippen molar-refractivity contribution >= 4 is 11.8 Å². The van der Waals surface area contributed by atoms with Crippen LogP contribution < -0.4 is 10.1 Å². The molecule has 32 heavy (non-hydrogen) atoms. The van der Waals surface area contributed by atoms with Crippen molar-refractivity contribution < 1.29 is 22.3 Å². The smallest absolute Gasteiger partial charge is 0.168 e. The van der Waals surface area contributed by atoms with E-state index in [1.54, 1.807) is 6.08 Å². The summed E-state index contributed by atoms with van der Waals surface area (Å²) in [6.45, 7) is 6.07. The van der Waals surface area contributed by atoms with Crippen LogP contribution in [0.25, 0.3) is 17.2 Å². The average Bonchev–Trinajstić information content (AvgIpc) is 2.72. The van der Waals surface area contributed by atoms with Crippen LogP contribution in [-0.2, 0) is 6.61 Å². The van der Waals surface area contributed by atoms with Gasteiger partial charge in [0.25, 0.3) is 0 Å². The van der Waals surface area contributed by atoms with Gasteiger partial charge in [-0.15, -0.1) is 0 Å². The minimum Gasteiger partial charge on any atom is -0.485 e. The summed E-state index contributed by atoms with van der Waals surface area (Å²) in [7, 11) is 0. The third-order valence-electron chi connectivity index (χ3n) is 6.35. The molecule has 3 aromatic carbocycles. The van der Waals surface area contributed by atoms with Gasteiger partial charge in [0.2, 0.25) is 0 Å². The van der Waals surface area contributed by atoms with Gasteiger partial charge in [-0.2, -0.15) is 0 Å². The molecule has 164 valence electrons. The first-order valence-corrected chi connectivity index (χ1v) is 10.4. The maximum atomic E-state index is 14.4. The third kappa shape index (κ3) is 3.17. The summed E-state index contributed by atoms with van der Waals surface area (Å²) in [5.41, 5.74) is 4.17. The summed E-state index contributed by atoms with van der Waals surface area (Å²) in [6, 6.07) is 9.18. The molecule has 3 aromatic rings. The molecule has 0 aromatic heterocycles. The Hall–Kier alpha value is -3.28. The zero-order valence-corrected chi connectivity index (χ0v) is 17.8. The quantitative estimate of drug-likeness (QED) is 0.405. The summed E-state index contributed by atoms with van der Waals surface area (Å²) in [5.74, 6) is -2.58. The Labute approximate surface area is 183 Å². The first-order chi connectivity index (χ1) is 15.2. The van der Waals surface area contributed by atoms with E-state index >= 15 is 0 Å². The second kappa shape index (κ2) is 7.12. The highest BCUT2D eigenvalue weighted by atomic mass is 19.1. The molecule has 1 unspecified atom stereocenters. The van der Waals surface area contributed by atoms with Crippen molar-refractivity contribution in [2.75, 3.05) is 5.32 Å². The Morgan fingerprint density at radius 2 is 1.72 bits per heavy atom. The Bertz CT molecular complexity index is 1300. The molecule has 1 N–H and O–H groups in total. The summed E-state index contributed by atoms with van der Waals surface area (Å²) in [4.78, 5) is 0.